The van der Waals surface area contributed by atoms with Crippen LogP contribution in [0.1, 0.15) is 48.4 Å². The van der Waals surface area contributed by atoms with E-state index in [1.807, 2.05) is 0 Å². The Morgan fingerprint density at radius 1 is 0.588 bits per heavy atom. The molecule has 51 heavy (non-hydrogen) atoms. The molecule has 12 nitrogen and oxygen atoms in total. The van der Waals surface area contributed by atoms with E-state index < -0.39 is 5.97 Å². The van der Waals surface area contributed by atoms with Crippen molar-refractivity contribution in [2.24, 2.45) is 0 Å². The summed E-state index contributed by atoms with van der Waals surface area (Å²) in [5.41, 5.74) is 27.9. The van der Waals surface area contributed by atoms with E-state index in [4.69, 9.17) is 35.1 Å². The lowest BCUT2D eigenvalue weighted by Gasteiger charge is -2.08. The third-order valence-corrected chi connectivity index (χ3v) is 6.73. The van der Waals surface area contributed by atoms with Crippen LogP contribution in [-0.4, -0.2) is 54.9 Å². The molecular weight excluding hydrogens is 647 g/mol. The molecule has 263 valence electrons. The van der Waals surface area contributed by atoms with Gasteiger partial charge in [0.05, 0.1) is 20.5 Å². The summed E-state index contributed by atoms with van der Waals surface area (Å²) in [5, 5.41) is 5.54. The molecule has 2 amide bonds. The van der Waals surface area contributed by atoms with Gasteiger partial charge in [0.1, 0.15) is 6.61 Å². The van der Waals surface area contributed by atoms with Crippen LogP contribution < -0.4 is 33.6 Å². The number of nitrogens with two attached hydrogens (primary N) is 4. The van der Waals surface area contributed by atoms with Crippen molar-refractivity contribution in [3.8, 4) is 0 Å². The number of benzene rings is 5. The average Bonchev–Trinajstić information content (AvgIpc) is 3.15. The summed E-state index contributed by atoms with van der Waals surface area (Å²) in [6.45, 7) is 2.08. The third-order valence-electron chi connectivity index (χ3n) is 6.73. The number of hydrogen-bond acceptors (Lipinski definition) is 10. The average molecular weight is 693 g/mol. The number of esters is 1. The Bertz CT molecular complexity index is 1780. The second-order valence-corrected chi connectivity index (χ2v) is 10.7. The molecule has 0 unspecified atom stereocenters. The maximum atomic E-state index is 12.2. The van der Waals surface area contributed by atoms with Crippen molar-refractivity contribution in [3.05, 3.63) is 144 Å². The molecule has 5 rings (SSSR count). The van der Waals surface area contributed by atoms with Gasteiger partial charge in [-0.15, -0.1) is 0 Å². The fraction of sp³-hybridized carbons (Fsp3) is 0.105. The number of ether oxygens (including phenoxy) is 2. The van der Waals surface area contributed by atoms with Gasteiger partial charge < -0.3 is 43.0 Å². The van der Waals surface area contributed by atoms with Gasteiger partial charge in [0.15, 0.2) is 5.78 Å². The smallest absolute Gasteiger partial charge is 0.338 e. The number of ketones is 1. The first-order valence-corrected chi connectivity index (χ1v) is 15.3. The monoisotopic (exact) mass is 692 g/mol. The van der Waals surface area contributed by atoms with Gasteiger partial charge in [-0.3, -0.25) is 14.4 Å². The molecule has 0 aliphatic heterocycles. The molecule has 5 aromatic rings. The number of nitrogen functional groups attached to an aromatic ring is 4. The predicted octanol–water partition coefficient (Wildman–Crippen LogP) is 4.98. The lowest BCUT2D eigenvalue weighted by molar-refractivity contribution is 0.0387. The highest BCUT2D eigenvalue weighted by Crippen LogP contribution is 2.15. The Morgan fingerprint density at radius 2 is 0.902 bits per heavy atom. The first-order valence-electron chi connectivity index (χ1n) is 16.4. The minimum Gasteiger partial charge on any atom is -0.460 e. The zero-order valence-electron chi connectivity index (χ0n) is 30.3. The maximum absolute atomic E-state index is 12.2. The Kier molecular flexibility index (Phi) is 15.1. The Balaban J connectivity index is 0.000000304. The van der Waals surface area contributed by atoms with Crippen LogP contribution >= 0.6 is 0 Å². The summed E-state index contributed by atoms with van der Waals surface area (Å²) in [4.78, 5) is 46.9. The molecule has 0 aromatic heterocycles. The molecule has 0 aliphatic rings. The zero-order valence-corrected chi connectivity index (χ0v) is 28.3. The number of Topliss-reactive ketones (excluding diaryl/α,β-unsaturated/α-hetero) is 1. The summed E-state index contributed by atoms with van der Waals surface area (Å²) in [6.07, 6.45) is 0. The topological polar surface area (TPSA) is 215 Å². The summed E-state index contributed by atoms with van der Waals surface area (Å²) in [7, 11) is 2.04. The van der Waals surface area contributed by atoms with Crippen molar-refractivity contribution in [2.45, 2.75) is 6.92 Å². The van der Waals surface area contributed by atoms with Crippen LogP contribution in [0.2, 0.25) is 0 Å². The molecule has 0 atom stereocenters. The quantitative estimate of drug-likeness (QED) is 0.0400. The van der Waals surface area contributed by atoms with E-state index in [1.165, 1.54) is 14.0 Å². The van der Waals surface area contributed by atoms with Crippen LogP contribution in [0.4, 0.5) is 34.1 Å². The maximum Gasteiger partial charge on any atom is 0.338 e. The van der Waals surface area contributed by atoms with E-state index in [2.05, 4.69) is 10.6 Å². The number of carbonyl (C=O) groups excluding carboxylic acids is 4. The first kappa shape index (κ1) is 37.2. The zero-order chi connectivity index (χ0) is 39.2. The van der Waals surface area contributed by atoms with E-state index in [0.717, 1.165) is 11.4 Å². The van der Waals surface area contributed by atoms with Crippen LogP contribution in [0.15, 0.2) is 121 Å². The summed E-state index contributed by atoms with van der Waals surface area (Å²) in [5.74, 6) is -0.966. The molecule has 1 radical (unpaired) electrons. The molecule has 0 bridgehead atoms. The van der Waals surface area contributed by atoms with Crippen LogP contribution in [0.3, 0.4) is 0 Å². The Morgan fingerprint density at radius 3 is 1.24 bits per heavy atom. The van der Waals surface area contributed by atoms with Gasteiger partial charge in [0.2, 0.25) is 0 Å². The molecule has 0 heterocycles. The van der Waals surface area contributed by atoms with Crippen molar-refractivity contribution < 1.29 is 28.7 Å². The lowest BCUT2D eigenvalue weighted by Crippen LogP contribution is -2.14. The second-order valence-electron chi connectivity index (χ2n) is 10.7. The van der Waals surface area contributed by atoms with Gasteiger partial charge in [-0.1, -0.05) is 12.1 Å². The van der Waals surface area contributed by atoms with Crippen LogP contribution in [0.5, 0.6) is 0 Å². The van der Waals surface area contributed by atoms with Gasteiger partial charge in [-0.05, 0) is 119 Å². The van der Waals surface area contributed by atoms with Gasteiger partial charge in [-0.2, -0.15) is 0 Å². The molecule has 13 heteroatoms. The van der Waals surface area contributed by atoms with E-state index in [-0.39, 0.29) is 24.2 Å². The molecule has 0 saturated carbocycles. The molecule has 10 N–H and O–H groups in total. The van der Waals surface area contributed by atoms with E-state index in [0.29, 0.717) is 60.0 Å². The second kappa shape index (κ2) is 20.7. The van der Waals surface area contributed by atoms with Crippen molar-refractivity contribution in [1.82, 2.24) is 0 Å². The van der Waals surface area contributed by atoms with Gasteiger partial charge in [0.25, 0.3) is 11.8 Å². The van der Waals surface area contributed by atoms with Gasteiger partial charge in [-0.25, -0.2) is 4.79 Å². The van der Waals surface area contributed by atoms with E-state index in [9.17, 15) is 19.2 Å². The predicted molar refractivity (Wildman–Crippen MR) is 206 cm³/mol. The number of nitrogens with one attached hydrogen (secondary N) is 2. The number of anilines is 6. The normalized spacial score (nSPS) is 10.0. The number of methoxy groups -OCH3 is 1. The lowest BCUT2D eigenvalue weighted by atomic mass is 10.1. The van der Waals surface area contributed by atoms with E-state index >= 15 is 0 Å². The minimum absolute atomic E-state index is 0.0284. The molecule has 5 aromatic carbocycles. The largest absolute Gasteiger partial charge is 0.460 e. The summed E-state index contributed by atoms with van der Waals surface area (Å²) in [6, 6.07) is 33.6. The molecule has 0 spiro atoms. The number of amides is 2. The standard InChI is InChI=1S/C20H18N4O2.C12H14O4.C6H8N2.BH2/c21-15-5-9-17(10-6-15)23-19(25)13-1-2-14(4-3-13)20(26)24-18-11-7-16(22)8-12-18;1-9(13)10-3-5-11(6-4-10)12(14)16-8-7-15-2;7-5-1-2-6(8)4-3-5;/h1-12H,21-22H2,(H,23,25)(H,24,26);3-6H,7-8H2,1-2H3;1-4H,7-8H2;1H2/i;;;1TD. The molecular formula is C38H42BN6O6. The Labute approximate surface area is 301 Å². The molecule has 0 fully saturated rings. The number of hydrogen-bond donors (Lipinski definition) is 6. The molecule has 0 aliphatic carbocycles. The molecule has 0 saturated heterocycles. The van der Waals surface area contributed by atoms with Crippen LogP contribution in [0, 0.1) is 0 Å². The highest BCUT2D eigenvalue weighted by molar-refractivity contribution is 6.07. The van der Waals surface area contributed by atoms with Crippen LogP contribution in [-0.2, 0) is 9.47 Å². The van der Waals surface area contributed by atoms with Gasteiger partial charge in [0, 0.05) is 57.9 Å². The Hall–Kier alpha value is -6.60. The fourth-order valence-electron chi connectivity index (χ4n) is 3.95. The fourth-order valence-corrected chi connectivity index (χ4v) is 3.95. The number of rotatable bonds is 9. The summed E-state index contributed by atoms with van der Waals surface area (Å²) >= 11 is 0. The first-order chi connectivity index (χ1) is 25.4. The van der Waals surface area contributed by atoms with Crippen molar-refractivity contribution >= 4 is 66.0 Å². The van der Waals surface area contributed by atoms with Crippen molar-refractivity contribution in [1.29, 1.82) is 2.67 Å². The number of carbonyl (C=O) groups is 4. The summed E-state index contributed by atoms with van der Waals surface area (Å²) < 4.78 is 21.2. The van der Waals surface area contributed by atoms with Crippen LogP contribution in [0.25, 0.3) is 0 Å². The van der Waals surface area contributed by atoms with E-state index in [1.54, 1.807) is 121 Å². The SMILES string of the molecule is COCCOC(=O)c1ccc(C(C)=O)cc1.Nc1ccc(N)cc1.Nc1ccc(NC(=O)c2ccc(C(=O)Nc3ccc(N)cc3)cc2)cc1.[2H][B][3H]. The minimum atomic E-state index is -0.410. The highest BCUT2D eigenvalue weighted by Gasteiger charge is 2.10. The highest BCUT2D eigenvalue weighted by atomic mass is 16.6. The van der Waals surface area contributed by atoms with Gasteiger partial charge >= 0.3 is 5.97 Å². The van der Waals surface area contributed by atoms with Crippen molar-refractivity contribution in [2.75, 3.05) is 53.9 Å². The third kappa shape index (κ3) is 14.2. The van der Waals surface area contributed by atoms with Crippen molar-refractivity contribution in [3.63, 3.8) is 0 Å².